The van der Waals surface area contributed by atoms with Gasteiger partial charge in [-0.3, -0.25) is 0 Å². The van der Waals surface area contributed by atoms with Crippen LogP contribution in [-0.2, 0) is 0 Å². The predicted octanol–water partition coefficient (Wildman–Crippen LogP) is 11.1. The van der Waals surface area contributed by atoms with Gasteiger partial charge in [0, 0.05) is 0 Å². The second-order valence-electron chi connectivity index (χ2n) is 16.2. The van der Waals surface area contributed by atoms with Crippen molar-refractivity contribution in [3.63, 3.8) is 0 Å². The van der Waals surface area contributed by atoms with Crippen molar-refractivity contribution in [1.82, 2.24) is 0 Å². The summed E-state index contributed by atoms with van der Waals surface area (Å²) in [6.07, 6.45) is 19.0. The highest BCUT2D eigenvalue weighted by atomic mass is 14.8. The zero-order valence-corrected chi connectivity index (χ0v) is 25.7. The Bertz CT molecular complexity index is 1180. The third-order valence-electron chi connectivity index (χ3n) is 14.8. The van der Waals surface area contributed by atoms with Crippen LogP contribution in [0.15, 0.2) is 49.6 Å². The fourth-order valence-corrected chi connectivity index (χ4v) is 12.7. The number of hydrogen-bond donors (Lipinski definition) is 0. The summed E-state index contributed by atoms with van der Waals surface area (Å²) in [6, 6.07) is 9.27. The van der Waals surface area contributed by atoms with Crippen LogP contribution in [0.5, 0.6) is 0 Å². The summed E-state index contributed by atoms with van der Waals surface area (Å²) < 4.78 is 0. The molecule has 5 aliphatic carbocycles. The molecule has 0 aliphatic heterocycles. The topological polar surface area (TPSA) is 0 Å². The first-order valence-electron chi connectivity index (χ1n) is 15.9. The van der Waals surface area contributed by atoms with E-state index in [1.165, 1.54) is 75.3 Å². The van der Waals surface area contributed by atoms with Crippen LogP contribution in [0.4, 0.5) is 0 Å². The molecule has 4 saturated carbocycles. The molecular formula is C38H54. The monoisotopic (exact) mass is 510 g/mol. The Morgan fingerprint density at radius 2 is 1.45 bits per heavy atom. The van der Waals surface area contributed by atoms with Gasteiger partial charge in [0.2, 0.25) is 0 Å². The normalized spacial score (nSPS) is 47.1. The van der Waals surface area contributed by atoms with Crippen LogP contribution < -0.4 is 0 Å². The second-order valence-corrected chi connectivity index (χ2v) is 16.2. The van der Waals surface area contributed by atoms with Crippen molar-refractivity contribution >= 4 is 11.1 Å². The molecule has 0 saturated heterocycles. The molecule has 6 rings (SSSR count). The van der Waals surface area contributed by atoms with Gasteiger partial charge < -0.3 is 0 Å². The quantitative estimate of drug-likeness (QED) is 0.355. The zero-order valence-electron chi connectivity index (χ0n) is 25.7. The van der Waals surface area contributed by atoms with Gasteiger partial charge in [-0.1, -0.05) is 96.5 Å². The van der Waals surface area contributed by atoms with Crippen molar-refractivity contribution in [2.75, 3.05) is 0 Å². The minimum Gasteiger partial charge on any atom is -0.103 e. The van der Waals surface area contributed by atoms with Crippen molar-refractivity contribution in [3.05, 3.63) is 60.7 Å². The minimum absolute atomic E-state index is 0.196. The molecule has 4 fully saturated rings. The Kier molecular flexibility index (Phi) is 5.78. The zero-order chi connectivity index (χ0) is 27.4. The van der Waals surface area contributed by atoms with E-state index in [0.717, 1.165) is 23.3 Å². The predicted molar refractivity (Wildman–Crippen MR) is 165 cm³/mol. The molecule has 0 N–H and O–H groups in total. The lowest BCUT2D eigenvalue weighted by molar-refractivity contribution is -0.231. The van der Waals surface area contributed by atoms with E-state index in [2.05, 4.69) is 98.0 Å². The lowest BCUT2D eigenvalue weighted by Gasteiger charge is -2.73. The summed E-state index contributed by atoms with van der Waals surface area (Å²) in [4.78, 5) is 0. The third-order valence-corrected chi connectivity index (χ3v) is 14.8. The molecule has 0 heterocycles. The highest BCUT2D eigenvalue weighted by molar-refractivity contribution is 5.73. The van der Waals surface area contributed by atoms with E-state index in [1.807, 2.05) is 0 Å². The molecule has 1 aromatic carbocycles. The largest absolute Gasteiger partial charge is 0.103 e. The van der Waals surface area contributed by atoms with E-state index in [9.17, 15) is 0 Å². The molecule has 0 spiro atoms. The highest BCUT2D eigenvalue weighted by Gasteiger charge is 2.71. The number of rotatable bonds is 3. The van der Waals surface area contributed by atoms with Gasteiger partial charge >= 0.3 is 0 Å². The SMILES string of the molecule is C=CC12CCC[C@]1(C)C1(C)CCC3C4(C)CC=C(c5ccc(C(=C)C)cc5)C(C)(C)C4CCC3(C)C1CC2. The van der Waals surface area contributed by atoms with Gasteiger partial charge in [-0.2, -0.15) is 0 Å². The Hall–Kier alpha value is -1.56. The van der Waals surface area contributed by atoms with Gasteiger partial charge in [0.05, 0.1) is 0 Å². The molecule has 1 aromatic rings. The van der Waals surface area contributed by atoms with Crippen molar-refractivity contribution in [1.29, 1.82) is 0 Å². The van der Waals surface area contributed by atoms with E-state index < -0.39 is 0 Å². The van der Waals surface area contributed by atoms with Crippen LogP contribution in [0.3, 0.4) is 0 Å². The molecule has 8 atom stereocenters. The average Bonchev–Trinajstić information content (AvgIpc) is 3.22. The van der Waals surface area contributed by atoms with Crippen molar-refractivity contribution in [2.24, 2.45) is 50.2 Å². The molecule has 0 bridgehead atoms. The van der Waals surface area contributed by atoms with Crippen LogP contribution in [-0.4, -0.2) is 0 Å². The number of allylic oxidation sites excluding steroid dienone is 4. The first-order valence-corrected chi connectivity index (χ1v) is 15.9. The van der Waals surface area contributed by atoms with Gasteiger partial charge in [0.1, 0.15) is 0 Å². The molecule has 0 heteroatoms. The van der Waals surface area contributed by atoms with E-state index in [0.29, 0.717) is 27.1 Å². The third kappa shape index (κ3) is 3.10. The first-order chi connectivity index (χ1) is 17.8. The Labute approximate surface area is 234 Å². The van der Waals surface area contributed by atoms with Crippen LogP contribution in [0, 0.1) is 50.2 Å². The summed E-state index contributed by atoms with van der Waals surface area (Å²) in [7, 11) is 0. The Morgan fingerprint density at radius 1 is 0.789 bits per heavy atom. The van der Waals surface area contributed by atoms with E-state index in [4.69, 9.17) is 0 Å². The minimum atomic E-state index is 0.196. The van der Waals surface area contributed by atoms with Crippen LogP contribution in [0.2, 0.25) is 0 Å². The maximum absolute atomic E-state index is 4.45. The molecule has 38 heavy (non-hydrogen) atoms. The number of benzene rings is 1. The van der Waals surface area contributed by atoms with Crippen molar-refractivity contribution in [2.45, 2.75) is 113 Å². The Balaban J connectivity index is 1.36. The fourth-order valence-electron chi connectivity index (χ4n) is 12.7. The first kappa shape index (κ1) is 26.7. The maximum Gasteiger partial charge on any atom is -0.00617 e. The molecule has 0 aromatic heterocycles. The summed E-state index contributed by atoms with van der Waals surface area (Å²) in [5.41, 5.74) is 7.72. The summed E-state index contributed by atoms with van der Waals surface area (Å²) in [5, 5.41) is 0. The molecule has 0 nitrogen and oxygen atoms in total. The van der Waals surface area contributed by atoms with Crippen LogP contribution in [0.1, 0.15) is 124 Å². The van der Waals surface area contributed by atoms with Crippen molar-refractivity contribution < 1.29 is 0 Å². The lowest BCUT2D eigenvalue weighted by Crippen LogP contribution is -2.66. The Morgan fingerprint density at radius 3 is 2.11 bits per heavy atom. The van der Waals surface area contributed by atoms with Gasteiger partial charge in [-0.15, -0.1) is 6.58 Å². The molecule has 7 unspecified atom stereocenters. The molecule has 5 aliphatic rings. The van der Waals surface area contributed by atoms with Gasteiger partial charge in [-0.05, 0) is 132 Å². The maximum atomic E-state index is 4.45. The standard InChI is InChI=1S/C38H54/c1-10-38-21-11-20-37(38,9)36(8)24-18-31-34(6)22-16-29(28-14-12-27(13-15-28)26(2)3)33(4,5)30(34)17-23-35(31,7)32(36)19-25-38/h10,12-16,30-32H,1-2,11,17-25H2,3-9H3/t30?,31?,32?,34?,35?,36?,37-,38?/m1/s1. The van der Waals surface area contributed by atoms with E-state index >= 15 is 0 Å². The van der Waals surface area contributed by atoms with Gasteiger partial charge in [0.25, 0.3) is 0 Å². The lowest BCUT2D eigenvalue weighted by atomic mass is 9.31. The summed E-state index contributed by atoms with van der Waals surface area (Å²) in [6.45, 7) is 26.8. The van der Waals surface area contributed by atoms with E-state index in [1.54, 1.807) is 5.57 Å². The van der Waals surface area contributed by atoms with Crippen LogP contribution in [0.25, 0.3) is 11.1 Å². The summed E-state index contributed by atoms with van der Waals surface area (Å²) >= 11 is 0. The van der Waals surface area contributed by atoms with Gasteiger partial charge in [0.15, 0.2) is 0 Å². The molecule has 206 valence electrons. The van der Waals surface area contributed by atoms with Crippen LogP contribution >= 0.6 is 0 Å². The number of hydrogen-bond acceptors (Lipinski definition) is 0. The van der Waals surface area contributed by atoms with E-state index in [-0.39, 0.29) is 5.41 Å². The molecule has 0 radical (unpaired) electrons. The smallest absolute Gasteiger partial charge is 0.00617 e. The van der Waals surface area contributed by atoms with Crippen molar-refractivity contribution in [3.8, 4) is 0 Å². The average molecular weight is 511 g/mol. The number of fused-ring (bicyclic) bond motifs is 7. The molecule has 0 amide bonds. The molecular weight excluding hydrogens is 456 g/mol. The van der Waals surface area contributed by atoms with Gasteiger partial charge in [-0.25, -0.2) is 0 Å². The second kappa shape index (κ2) is 8.24. The fraction of sp³-hybridized carbons (Fsp3) is 0.684. The highest BCUT2D eigenvalue weighted by Crippen LogP contribution is 2.79. The summed E-state index contributed by atoms with van der Waals surface area (Å²) in [5.74, 6) is 2.43.